The Kier molecular flexibility index (Phi) is 4.21. The molecule has 1 aromatic carbocycles. The van der Waals surface area contributed by atoms with Gasteiger partial charge in [0.15, 0.2) is 0 Å². The number of carboxylic acids is 1. The van der Waals surface area contributed by atoms with Crippen molar-refractivity contribution in [1.29, 1.82) is 0 Å². The van der Waals surface area contributed by atoms with Crippen LogP contribution < -0.4 is 4.90 Å². The van der Waals surface area contributed by atoms with Crippen molar-refractivity contribution in [2.45, 2.75) is 26.7 Å². The molecular formula is C16H22N2O3. The summed E-state index contributed by atoms with van der Waals surface area (Å²) >= 11 is 0. The lowest BCUT2D eigenvalue weighted by Gasteiger charge is -2.38. The molecule has 1 heterocycles. The molecule has 0 saturated carbocycles. The Morgan fingerprint density at radius 2 is 1.76 bits per heavy atom. The summed E-state index contributed by atoms with van der Waals surface area (Å²) in [6.45, 7) is 5.84. The summed E-state index contributed by atoms with van der Waals surface area (Å²) < 4.78 is 0. The fraction of sp³-hybridized carbons (Fsp3) is 0.500. The first-order valence-corrected chi connectivity index (χ1v) is 7.17. The van der Waals surface area contributed by atoms with E-state index in [1.807, 2.05) is 0 Å². The van der Waals surface area contributed by atoms with Crippen LogP contribution in [0.4, 0.5) is 10.5 Å². The number of amides is 2. The SMILES string of the molecule is CN(C(=O)N1CCC(C)(C)CC1)c1ccccc1C(=O)O. The van der Waals surface area contributed by atoms with E-state index in [1.54, 1.807) is 30.1 Å². The van der Waals surface area contributed by atoms with E-state index in [4.69, 9.17) is 0 Å². The second-order valence-electron chi connectivity index (χ2n) is 6.32. The fourth-order valence-electron chi connectivity index (χ4n) is 2.57. The van der Waals surface area contributed by atoms with Crippen molar-refractivity contribution >= 4 is 17.7 Å². The lowest BCUT2D eigenvalue weighted by molar-refractivity contribution is 0.0697. The van der Waals surface area contributed by atoms with Crippen LogP contribution in [0.1, 0.15) is 37.0 Å². The molecule has 1 aliphatic heterocycles. The summed E-state index contributed by atoms with van der Waals surface area (Å²) in [5.41, 5.74) is 0.847. The van der Waals surface area contributed by atoms with Crippen LogP contribution in [0.5, 0.6) is 0 Å². The summed E-state index contributed by atoms with van der Waals surface area (Å²) in [5, 5.41) is 9.22. The zero-order chi connectivity index (χ0) is 15.6. The Hall–Kier alpha value is -2.04. The van der Waals surface area contributed by atoms with E-state index in [9.17, 15) is 14.7 Å². The molecule has 5 nitrogen and oxygen atoms in total. The van der Waals surface area contributed by atoms with Gasteiger partial charge in [-0.3, -0.25) is 4.90 Å². The molecule has 0 spiro atoms. The third-order valence-electron chi connectivity index (χ3n) is 4.17. The summed E-state index contributed by atoms with van der Waals surface area (Å²) in [6.07, 6.45) is 1.93. The number of carbonyl (C=O) groups is 2. The second-order valence-corrected chi connectivity index (χ2v) is 6.32. The van der Waals surface area contributed by atoms with Gasteiger partial charge in [-0.1, -0.05) is 26.0 Å². The number of benzene rings is 1. The van der Waals surface area contributed by atoms with Crippen molar-refractivity contribution in [2.75, 3.05) is 25.0 Å². The van der Waals surface area contributed by atoms with Crippen molar-refractivity contribution in [3.05, 3.63) is 29.8 Å². The highest BCUT2D eigenvalue weighted by atomic mass is 16.4. The highest BCUT2D eigenvalue weighted by Crippen LogP contribution is 2.30. The lowest BCUT2D eigenvalue weighted by Crippen LogP contribution is -2.47. The molecule has 21 heavy (non-hydrogen) atoms. The van der Waals surface area contributed by atoms with Crippen LogP contribution in [0.2, 0.25) is 0 Å². The summed E-state index contributed by atoms with van der Waals surface area (Å²) in [4.78, 5) is 27.0. The minimum Gasteiger partial charge on any atom is -0.478 e. The number of para-hydroxylation sites is 1. The van der Waals surface area contributed by atoms with E-state index >= 15 is 0 Å². The zero-order valence-corrected chi connectivity index (χ0v) is 12.8. The molecule has 1 saturated heterocycles. The molecule has 114 valence electrons. The largest absolute Gasteiger partial charge is 0.478 e. The third-order valence-corrected chi connectivity index (χ3v) is 4.17. The summed E-state index contributed by atoms with van der Waals surface area (Å²) in [6, 6.07) is 6.44. The van der Waals surface area contributed by atoms with Gasteiger partial charge in [0.05, 0.1) is 11.3 Å². The predicted molar refractivity (Wildman–Crippen MR) is 81.8 cm³/mol. The van der Waals surface area contributed by atoms with E-state index in [0.717, 1.165) is 12.8 Å². The highest BCUT2D eigenvalue weighted by Gasteiger charge is 2.30. The van der Waals surface area contributed by atoms with Crippen LogP contribution >= 0.6 is 0 Å². The van der Waals surface area contributed by atoms with Crippen molar-refractivity contribution < 1.29 is 14.7 Å². The molecule has 0 bridgehead atoms. The molecule has 2 amide bonds. The van der Waals surface area contributed by atoms with Gasteiger partial charge in [0.25, 0.3) is 0 Å². The van der Waals surface area contributed by atoms with Gasteiger partial charge in [0.2, 0.25) is 0 Å². The van der Waals surface area contributed by atoms with Gasteiger partial charge < -0.3 is 10.0 Å². The topological polar surface area (TPSA) is 60.9 Å². The van der Waals surface area contributed by atoms with Crippen LogP contribution in [0.15, 0.2) is 24.3 Å². The minimum atomic E-state index is -1.02. The van der Waals surface area contributed by atoms with Crippen molar-refractivity contribution in [2.24, 2.45) is 5.41 Å². The Balaban J connectivity index is 2.15. The first-order valence-electron chi connectivity index (χ1n) is 7.17. The molecule has 1 aliphatic rings. The summed E-state index contributed by atoms with van der Waals surface area (Å²) in [7, 11) is 1.63. The smallest absolute Gasteiger partial charge is 0.337 e. The van der Waals surface area contributed by atoms with Gasteiger partial charge in [-0.2, -0.15) is 0 Å². The number of nitrogens with zero attached hydrogens (tertiary/aromatic N) is 2. The molecule has 1 fully saturated rings. The number of hydrogen-bond donors (Lipinski definition) is 1. The van der Waals surface area contributed by atoms with Gasteiger partial charge >= 0.3 is 12.0 Å². The van der Waals surface area contributed by atoms with Gasteiger partial charge in [-0.05, 0) is 30.4 Å². The van der Waals surface area contributed by atoms with Crippen LogP contribution in [0.3, 0.4) is 0 Å². The van der Waals surface area contributed by atoms with E-state index in [0.29, 0.717) is 18.8 Å². The molecule has 0 unspecified atom stereocenters. The quantitative estimate of drug-likeness (QED) is 0.910. The average Bonchev–Trinajstić information content (AvgIpc) is 2.45. The van der Waals surface area contributed by atoms with Gasteiger partial charge in [0.1, 0.15) is 0 Å². The third kappa shape index (κ3) is 3.35. The number of piperidine rings is 1. The molecule has 2 rings (SSSR count). The van der Waals surface area contributed by atoms with E-state index in [2.05, 4.69) is 13.8 Å². The van der Waals surface area contributed by atoms with Crippen molar-refractivity contribution in [3.63, 3.8) is 0 Å². The molecule has 0 radical (unpaired) electrons. The number of aromatic carboxylic acids is 1. The molecule has 0 aromatic heterocycles. The predicted octanol–water partition coefficient (Wildman–Crippen LogP) is 3.06. The normalized spacial score (nSPS) is 17.4. The summed E-state index contributed by atoms with van der Waals surface area (Å²) in [5.74, 6) is -1.02. The number of anilines is 1. The number of carboxylic acid groups (broad SMARTS) is 1. The lowest BCUT2D eigenvalue weighted by atomic mass is 9.83. The van der Waals surface area contributed by atoms with Gasteiger partial charge in [-0.15, -0.1) is 0 Å². The number of hydrogen-bond acceptors (Lipinski definition) is 2. The standard InChI is InChI=1S/C16H22N2O3/c1-16(2)8-10-18(11-9-16)15(21)17(3)13-7-5-4-6-12(13)14(19)20/h4-7H,8-11H2,1-3H3,(H,19,20). The minimum absolute atomic E-state index is 0.140. The number of rotatable bonds is 2. The van der Waals surface area contributed by atoms with Gasteiger partial charge in [0, 0.05) is 20.1 Å². The maximum atomic E-state index is 12.5. The average molecular weight is 290 g/mol. The van der Waals surface area contributed by atoms with Crippen LogP contribution in [0, 0.1) is 5.41 Å². The van der Waals surface area contributed by atoms with Crippen LogP contribution in [-0.4, -0.2) is 42.1 Å². The van der Waals surface area contributed by atoms with E-state index in [1.165, 1.54) is 11.0 Å². The van der Waals surface area contributed by atoms with Crippen molar-refractivity contribution in [1.82, 2.24) is 4.90 Å². The van der Waals surface area contributed by atoms with Gasteiger partial charge in [-0.25, -0.2) is 9.59 Å². The van der Waals surface area contributed by atoms with Crippen molar-refractivity contribution in [3.8, 4) is 0 Å². The molecule has 0 aliphatic carbocycles. The Labute approximate surface area is 125 Å². The Morgan fingerprint density at radius 3 is 2.33 bits per heavy atom. The first-order chi connectivity index (χ1) is 9.82. The number of carbonyl (C=O) groups excluding carboxylic acids is 1. The maximum Gasteiger partial charge on any atom is 0.337 e. The Morgan fingerprint density at radius 1 is 1.19 bits per heavy atom. The molecular weight excluding hydrogens is 268 g/mol. The molecule has 0 atom stereocenters. The van der Waals surface area contributed by atoms with E-state index < -0.39 is 5.97 Å². The molecule has 5 heteroatoms. The van der Waals surface area contributed by atoms with E-state index in [-0.39, 0.29) is 17.0 Å². The molecule has 1 N–H and O–H groups in total. The van der Waals surface area contributed by atoms with Crippen LogP contribution in [0.25, 0.3) is 0 Å². The number of urea groups is 1. The monoisotopic (exact) mass is 290 g/mol. The molecule has 1 aromatic rings. The highest BCUT2D eigenvalue weighted by molar-refractivity contribution is 6.01. The number of likely N-dealkylation sites (tertiary alicyclic amines) is 1. The first kappa shape index (κ1) is 15.4. The zero-order valence-electron chi connectivity index (χ0n) is 12.8. The second kappa shape index (κ2) is 5.76. The van der Waals surface area contributed by atoms with Crippen LogP contribution in [-0.2, 0) is 0 Å². The maximum absolute atomic E-state index is 12.5. The fourth-order valence-corrected chi connectivity index (χ4v) is 2.57. The Bertz CT molecular complexity index is 544.